The average molecular weight is 458 g/mol. The van der Waals surface area contributed by atoms with Crippen LogP contribution in [0.25, 0.3) is 16.8 Å². The molecule has 0 bridgehead atoms. The lowest BCUT2D eigenvalue weighted by Crippen LogP contribution is -2.29. The van der Waals surface area contributed by atoms with E-state index in [-0.39, 0.29) is 6.04 Å². The molecular weight excluding hydrogens is 433 g/mol. The molecule has 1 heterocycles. The van der Waals surface area contributed by atoms with Crippen LogP contribution in [0.5, 0.6) is 0 Å². The highest BCUT2D eigenvalue weighted by molar-refractivity contribution is 7.85. The SMILES string of the molecule is O=P(c1ccccc1)(c1ccccc1)c1cccc2c1NC(c1cccc3ccccc13)C=C2. The minimum atomic E-state index is -3.10. The van der Waals surface area contributed by atoms with Crippen LogP contribution in [0.1, 0.15) is 17.2 Å². The molecule has 3 heteroatoms. The summed E-state index contributed by atoms with van der Waals surface area (Å²) in [5.41, 5.74) is 3.21. The summed E-state index contributed by atoms with van der Waals surface area (Å²) in [6.45, 7) is 0. The lowest BCUT2D eigenvalue weighted by Gasteiger charge is -2.29. The van der Waals surface area contributed by atoms with E-state index in [2.05, 4.69) is 66.0 Å². The molecule has 0 amide bonds. The molecule has 0 radical (unpaired) electrons. The van der Waals surface area contributed by atoms with E-state index in [4.69, 9.17) is 0 Å². The first-order chi connectivity index (χ1) is 16.7. The Bertz CT molecular complexity index is 1510. The van der Waals surface area contributed by atoms with E-state index in [1.165, 1.54) is 16.3 Å². The van der Waals surface area contributed by atoms with Gasteiger partial charge in [-0.25, -0.2) is 0 Å². The number of benzene rings is 5. The van der Waals surface area contributed by atoms with Crippen LogP contribution in [0.3, 0.4) is 0 Å². The Labute approximate surface area is 200 Å². The Morgan fingerprint density at radius 2 is 1.24 bits per heavy atom. The molecule has 0 aliphatic carbocycles. The molecule has 0 fully saturated rings. The summed E-state index contributed by atoms with van der Waals surface area (Å²) in [7, 11) is -3.10. The lowest BCUT2D eigenvalue weighted by atomic mass is 9.95. The van der Waals surface area contributed by atoms with E-state index in [0.717, 1.165) is 27.2 Å². The predicted molar refractivity (Wildman–Crippen MR) is 145 cm³/mol. The van der Waals surface area contributed by atoms with Gasteiger partial charge >= 0.3 is 0 Å². The summed E-state index contributed by atoms with van der Waals surface area (Å²) in [6, 6.07) is 40.7. The molecule has 1 atom stereocenters. The highest BCUT2D eigenvalue weighted by Gasteiger charge is 2.33. The van der Waals surface area contributed by atoms with E-state index in [9.17, 15) is 0 Å². The van der Waals surface area contributed by atoms with Crippen LogP contribution < -0.4 is 21.2 Å². The Morgan fingerprint density at radius 1 is 0.618 bits per heavy atom. The molecule has 0 aromatic heterocycles. The number of para-hydroxylation sites is 1. The Morgan fingerprint density at radius 3 is 1.97 bits per heavy atom. The maximum atomic E-state index is 15.1. The molecule has 1 unspecified atom stereocenters. The maximum absolute atomic E-state index is 15.1. The van der Waals surface area contributed by atoms with Crippen LogP contribution in [0.15, 0.2) is 127 Å². The van der Waals surface area contributed by atoms with Gasteiger partial charge in [0.05, 0.1) is 11.7 Å². The van der Waals surface area contributed by atoms with Crippen molar-refractivity contribution in [3.8, 4) is 0 Å². The van der Waals surface area contributed by atoms with Crippen LogP contribution in [-0.2, 0) is 4.57 Å². The van der Waals surface area contributed by atoms with Crippen LogP contribution >= 0.6 is 7.14 Å². The van der Waals surface area contributed by atoms with Crippen molar-refractivity contribution in [2.45, 2.75) is 6.04 Å². The molecule has 0 spiro atoms. The minimum absolute atomic E-state index is 0.0141. The molecule has 0 saturated carbocycles. The van der Waals surface area contributed by atoms with Gasteiger partial charge in [0.25, 0.3) is 0 Å². The number of hydrogen-bond donors (Lipinski definition) is 1. The first-order valence-corrected chi connectivity index (χ1v) is 13.2. The molecule has 5 aromatic carbocycles. The maximum Gasteiger partial charge on any atom is 0.173 e. The monoisotopic (exact) mass is 457 g/mol. The zero-order chi connectivity index (χ0) is 23.0. The fourth-order valence-corrected chi connectivity index (χ4v) is 7.77. The van der Waals surface area contributed by atoms with Gasteiger partial charge in [0.2, 0.25) is 0 Å². The van der Waals surface area contributed by atoms with E-state index < -0.39 is 7.14 Å². The first-order valence-electron chi connectivity index (χ1n) is 11.5. The van der Waals surface area contributed by atoms with Crippen molar-refractivity contribution in [3.05, 3.63) is 139 Å². The van der Waals surface area contributed by atoms with Crippen molar-refractivity contribution in [1.82, 2.24) is 0 Å². The van der Waals surface area contributed by atoms with Gasteiger partial charge in [0, 0.05) is 15.9 Å². The third kappa shape index (κ3) is 3.39. The number of hydrogen-bond acceptors (Lipinski definition) is 2. The highest BCUT2D eigenvalue weighted by Crippen LogP contribution is 2.46. The van der Waals surface area contributed by atoms with Gasteiger partial charge in [-0.3, -0.25) is 0 Å². The normalized spacial score (nSPS) is 15.0. The van der Waals surface area contributed by atoms with Gasteiger partial charge in [-0.15, -0.1) is 0 Å². The molecule has 1 aliphatic heterocycles. The predicted octanol–water partition coefficient (Wildman–Crippen LogP) is 6.66. The molecule has 1 aliphatic rings. The van der Waals surface area contributed by atoms with E-state index in [1.54, 1.807) is 0 Å². The lowest BCUT2D eigenvalue weighted by molar-refractivity contribution is 0.592. The summed E-state index contributed by atoms with van der Waals surface area (Å²) in [4.78, 5) is 0. The van der Waals surface area contributed by atoms with Crippen molar-refractivity contribution in [2.75, 3.05) is 5.32 Å². The summed E-state index contributed by atoms with van der Waals surface area (Å²) < 4.78 is 15.1. The van der Waals surface area contributed by atoms with E-state index >= 15 is 4.57 Å². The van der Waals surface area contributed by atoms with Gasteiger partial charge in [0.15, 0.2) is 7.14 Å². The zero-order valence-electron chi connectivity index (χ0n) is 18.6. The Balaban J connectivity index is 1.54. The van der Waals surface area contributed by atoms with Gasteiger partial charge in [-0.05, 0) is 28.0 Å². The fraction of sp³-hybridized carbons (Fsp3) is 0.0323. The Hall–Kier alpha value is -3.87. The zero-order valence-corrected chi connectivity index (χ0v) is 19.5. The topological polar surface area (TPSA) is 29.1 Å². The number of rotatable bonds is 4. The molecule has 5 aromatic rings. The molecule has 164 valence electrons. The third-order valence-electron chi connectivity index (χ3n) is 6.58. The molecule has 6 rings (SSSR count). The fourth-order valence-electron chi connectivity index (χ4n) is 4.93. The molecule has 1 N–H and O–H groups in total. The number of anilines is 1. The van der Waals surface area contributed by atoms with Crippen LogP contribution in [0, 0.1) is 0 Å². The average Bonchev–Trinajstić information content (AvgIpc) is 2.92. The van der Waals surface area contributed by atoms with Crippen LogP contribution in [0.4, 0.5) is 5.69 Å². The van der Waals surface area contributed by atoms with Gasteiger partial charge in [-0.1, -0.05) is 127 Å². The highest BCUT2D eigenvalue weighted by atomic mass is 31.2. The van der Waals surface area contributed by atoms with Crippen molar-refractivity contribution in [1.29, 1.82) is 0 Å². The molecule has 34 heavy (non-hydrogen) atoms. The summed E-state index contributed by atoms with van der Waals surface area (Å²) >= 11 is 0. The Kier molecular flexibility index (Phi) is 5.17. The van der Waals surface area contributed by atoms with E-state index in [0.29, 0.717) is 0 Å². The van der Waals surface area contributed by atoms with Crippen molar-refractivity contribution >= 4 is 45.6 Å². The number of nitrogens with one attached hydrogen (secondary N) is 1. The number of fused-ring (bicyclic) bond motifs is 2. The smallest absolute Gasteiger partial charge is 0.173 e. The van der Waals surface area contributed by atoms with Crippen molar-refractivity contribution in [3.63, 3.8) is 0 Å². The van der Waals surface area contributed by atoms with Crippen molar-refractivity contribution < 1.29 is 4.57 Å². The first kappa shape index (κ1) is 20.7. The van der Waals surface area contributed by atoms with Gasteiger partial charge in [0.1, 0.15) is 0 Å². The second-order valence-corrected chi connectivity index (χ2v) is 11.3. The second kappa shape index (κ2) is 8.48. The second-order valence-electron chi connectivity index (χ2n) is 8.57. The van der Waals surface area contributed by atoms with Crippen LogP contribution in [0.2, 0.25) is 0 Å². The molecule has 0 saturated heterocycles. The summed E-state index contributed by atoms with van der Waals surface area (Å²) in [6.07, 6.45) is 4.35. The van der Waals surface area contributed by atoms with Crippen LogP contribution in [-0.4, -0.2) is 0 Å². The molecular formula is C31H24NOP. The van der Waals surface area contributed by atoms with Crippen molar-refractivity contribution in [2.24, 2.45) is 0 Å². The van der Waals surface area contributed by atoms with E-state index in [1.807, 2.05) is 72.8 Å². The summed E-state index contributed by atoms with van der Waals surface area (Å²) in [5.74, 6) is 0. The van der Waals surface area contributed by atoms with Gasteiger partial charge < -0.3 is 9.88 Å². The molecule has 2 nitrogen and oxygen atoms in total. The standard InChI is InChI=1S/C31H24NOP/c33-34(25-14-3-1-4-15-25,26-16-5-2-6-17-26)30-20-10-13-24-21-22-29(32-31(24)30)28-19-9-12-23-11-7-8-18-27(23)28/h1-22,29,32H. The largest absolute Gasteiger partial charge is 0.374 e. The quantitative estimate of drug-likeness (QED) is 0.306. The third-order valence-corrected chi connectivity index (χ3v) is 9.68. The summed E-state index contributed by atoms with van der Waals surface area (Å²) in [5, 5.41) is 8.73. The minimum Gasteiger partial charge on any atom is -0.374 e. The van der Waals surface area contributed by atoms with Gasteiger partial charge in [-0.2, -0.15) is 0 Å².